The van der Waals surface area contributed by atoms with Gasteiger partial charge in [-0.25, -0.2) is 4.90 Å². The summed E-state index contributed by atoms with van der Waals surface area (Å²) >= 11 is 6.70. The summed E-state index contributed by atoms with van der Waals surface area (Å²) in [5.74, 6) is -0.674. The molecule has 0 fully saturated rings. The number of benzene rings is 2. The molecule has 9 heteroatoms. The van der Waals surface area contributed by atoms with Crippen molar-refractivity contribution in [2.75, 3.05) is 25.2 Å². The molecule has 0 saturated heterocycles. The highest BCUT2D eigenvalue weighted by Gasteiger charge is 2.35. The van der Waals surface area contributed by atoms with Gasteiger partial charge < -0.3 is 9.47 Å². The van der Waals surface area contributed by atoms with E-state index in [4.69, 9.17) is 21.7 Å². The molecule has 0 N–H and O–H groups in total. The van der Waals surface area contributed by atoms with Gasteiger partial charge in [0.1, 0.15) is 12.4 Å². The zero-order chi connectivity index (χ0) is 22.7. The first-order valence-corrected chi connectivity index (χ1v) is 10.9. The monoisotopic (exact) mass is 466 g/mol. The van der Waals surface area contributed by atoms with Crippen molar-refractivity contribution in [2.45, 2.75) is 0 Å². The number of thiocarbonyl (C=S) groups is 1. The Balaban J connectivity index is 1.51. The van der Waals surface area contributed by atoms with Crippen LogP contribution in [0.2, 0.25) is 0 Å². The van der Waals surface area contributed by atoms with E-state index in [1.165, 1.54) is 23.3 Å². The lowest BCUT2D eigenvalue weighted by atomic mass is 10.1. The van der Waals surface area contributed by atoms with Gasteiger partial charge in [-0.15, -0.1) is 11.3 Å². The van der Waals surface area contributed by atoms with Gasteiger partial charge in [0, 0.05) is 0 Å². The summed E-state index contributed by atoms with van der Waals surface area (Å²) in [5.41, 5.74) is 1.16. The Bertz CT molecular complexity index is 1160. The van der Waals surface area contributed by atoms with E-state index in [1.807, 2.05) is 0 Å². The minimum absolute atomic E-state index is 0.000552. The van der Waals surface area contributed by atoms with Crippen molar-refractivity contribution in [1.82, 2.24) is 4.90 Å². The number of nitrogens with zero attached hydrogens (tertiary/aromatic N) is 2. The number of anilines is 1. The largest absolute Gasteiger partial charge is 0.495 e. The van der Waals surface area contributed by atoms with Gasteiger partial charge in [0.25, 0.3) is 22.9 Å². The predicted octanol–water partition coefficient (Wildman–Crippen LogP) is 4.00. The number of imide groups is 1. The third-order valence-electron chi connectivity index (χ3n) is 4.86. The standard InChI is InChI=1S/C23H18N2O5S2/c1-29-18-10-5-4-9-17(18)25(22(28)19-11-6-14-32-19)23(31)30-13-12-24-20(26)15-7-2-3-8-16(15)21(24)27/h2-11,14H,12-13H2,1H3. The van der Waals surface area contributed by atoms with Crippen LogP contribution in [0.5, 0.6) is 5.75 Å². The molecule has 7 nitrogen and oxygen atoms in total. The van der Waals surface area contributed by atoms with Crippen molar-refractivity contribution < 1.29 is 23.9 Å². The minimum Gasteiger partial charge on any atom is -0.495 e. The molecule has 3 aromatic rings. The molecule has 32 heavy (non-hydrogen) atoms. The van der Waals surface area contributed by atoms with Gasteiger partial charge >= 0.3 is 0 Å². The molecule has 0 bridgehead atoms. The van der Waals surface area contributed by atoms with Crippen LogP contribution in [0, 0.1) is 0 Å². The SMILES string of the molecule is COc1ccccc1N(C(=O)c1cccs1)C(=S)OCCN1C(=O)c2ccccc2C1=O. The van der Waals surface area contributed by atoms with Crippen LogP contribution >= 0.6 is 23.6 Å². The fourth-order valence-electron chi connectivity index (χ4n) is 3.35. The zero-order valence-corrected chi connectivity index (χ0v) is 18.7. The molecule has 2 heterocycles. The summed E-state index contributed by atoms with van der Waals surface area (Å²) in [4.78, 5) is 41.1. The lowest BCUT2D eigenvalue weighted by Gasteiger charge is -2.25. The number of ether oxygens (including phenoxy) is 2. The number of thiophene rings is 1. The highest BCUT2D eigenvalue weighted by molar-refractivity contribution is 7.80. The fraction of sp³-hybridized carbons (Fsp3) is 0.130. The number of methoxy groups -OCH3 is 1. The molecule has 4 rings (SSSR count). The smallest absolute Gasteiger partial charge is 0.276 e. The number of hydrogen-bond acceptors (Lipinski definition) is 7. The number of hydrogen-bond donors (Lipinski definition) is 0. The molecule has 0 atom stereocenters. The second kappa shape index (κ2) is 9.29. The van der Waals surface area contributed by atoms with Gasteiger partial charge in [0.15, 0.2) is 0 Å². The summed E-state index contributed by atoms with van der Waals surface area (Å²) in [7, 11) is 1.50. The van der Waals surface area contributed by atoms with Gasteiger partial charge in [-0.3, -0.25) is 19.3 Å². The van der Waals surface area contributed by atoms with Crippen molar-refractivity contribution in [1.29, 1.82) is 0 Å². The normalized spacial score (nSPS) is 12.5. The molecule has 162 valence electrons. The molecule has 0 radical (unpaired) electrons. The number of fused-ring (bicyclic) bond motifs is 1. The van der Waals surface area contributed by atoms with E-state index in [0.717, 1.165) is 4.90 Å². The van der Waals surface area contributed by atoms with Crippen molar-refractivity contribution in [3.63, 3.8) is 0 Å². The number of carbonyl (C=O) groups is 3. The quantitative estimate of drug-likeness (QED) is 0.404. The van der Waals surface area contributed by atoms with Crippen molar-refractivity contribution in [3.8, 4) is 5.75 Å². The van der Waals surface area contributed by atoms with Crippen LogP contribution < -0.4 is 9.64 Å². The first kappa shape index (κ1) is 21.7. The molecular weight excluding hydrogens is 448 g/mol. The van der Waals surface area contributed by atoms with Crippen molar-refractivity contribution >= 4 is 52.1 Å². The molecule has 1 aliphatic heterocycles. The number of carbonyl (C=O) groups excluding carboxylic acids is 3. The first-order valence-electron chi connectivity index (χ1n) is 9.66. The summed E-state index contributed by atoms with van der Waals surface area (Å²) in [6.07, 6.45) is 0. The minimum atomic E-state index is -0.378. The van der Waals surface area contributed by atoms with Crippen molar-refractivity contribution in [2.24, 2.45) is 0 Å². The van der Waals surface area contributed by atoms with Gasteiger partial charge in [-0.1, -0.05) is 30.3 Å². The molecule has 0 aliphatic carbocycles. The highest BCUT2D eigenvalue weighted by Crippen LogP contribution is 2.30. The second-order valence-electron chi connectivity index (χ2n) is 6.71. The van der Waals surface area contributed by atoms with Crippen LogP contribution in [0.4, 0.5) is 5.69 Å². The van der Waals surface area contributed by atoms with E-state index in [0.29, 0.717) is 27.4 Å². The van der Waals surface area contributed by atoms with Gasteiger partial charge in [-0.05, 0) is 47.9 Å². The Hall–Kier alpha value is -3.56. The lowest BCUT2D eigenvalue weighted by molar-refractivity contribution is 0.0627. The van der Waals surface area contributed by atoms with E-state index >= 15 is 0 Å². The number of amides is 3. The van der Waals surface area contributed by atoms with Crippen LogP contribution in [-0.4, -0.2) is 48.1 Å². The maximum Gasteiger partial charge on any atom is 0.276 e. The average molecular weight is 467 g/mol. The van der Waals surface area contributed by atoms with E-state index < -0.39 is 0 Å². The van der Waals surface area contributed by atoms with Crippen LogP contribution in [0.15, 0.2) is 66.0 Å². The predicted molar refractivity (Wildman–Crippen MR) is 124 cm³/mol. The summed E-state index contributed by atoms with van der Waals surface area (Å²) in [6.45, 7) is -0.0624. The fourth-order valence-corrected chi connectivity index (χ4v) is 4.26. The molecule has 1 aliphatic rings. The van der Waals surface area contributed by atoms with Crippen LogP contribution in [0.25, 0.3) is 0 Å². The molecular formula is C23H18N2O5S2. The van der Waals surface area contributed by atoms with Gasteiger partial charge in [0.05, 0.1) is 35.3 Å². The van der Waals surface area contributed by atoms with Crippen molar-refractivity contribution in [3.05, 3.63) is 82.0 Å². The second-order valence-corrected chi connectivity index (χ2v) is 8.01. The Kier molecular flexibility index (Phi) is 6.29. The summed E-state index contributed by atoms with van der Waals surface area (Å²) in [5, 5.41) is 1.68. The lowest BCUT2D eigenvalue weighted by Crippen LogP contribution is -2.39. The Morgan fingerprint density at radius 3 is 2.28 bits per heavy atom. The molecule has 0 saturated carbocycles. The summed E-state index contributed by atoms with van der Waals surface area (Å²) < 4.78 is 11.1. The van der Waals surface area contributed by atoms with E-state index in [9.17, 15) is 14.4 Å². The van der Waals surface area contributed by atoms with Gasteiger partial charge in [-0.2, -0.15) is 0 Å². The topological polar surface area (TPSA) is 76.2 Å². The Morgan fingerprint density at radius 1 is 1.00 bits per heavy atom. The third kappa shape index (κ3) is 4.00. The molecule has 2 aromatic carbocycles. The molecule has 1 aromatic heterocycles. The van der Waals surface area contributed by atoms with E-state index in [2.05, 4.69) is 0 Å². The van der Waals surface area contributed by atoms with E-state index in [-0.39, 0.29) is 36.0 Å². The third-order valence-corrected chi connectivity index (χ3v) is 6.02. The van der Waals surface area contributed by atoms with E-state index in [1.54, 1.807) is 66.0 Å². The highest BCUT2D eigenvalue weighted by atomic mass is 32.1. The first-order chi connectivity index (χ1) is 15.5. The zero-order valence-electron chi connectivity index (χ0n) is 17.0. The van der Waals surface area contributed by atoms with Gasteiger partial charge in [0.2, 0.25) is 0 Å². The number of para-hydroxylation sites is 2. The van der Waals surface area contributed by atoms with Crippen LogP contribution in [-0.2, 0) is 4.74 Å². The Morgan fingerprint density at radius 2 is 1.66 bits per heavy atom. The number of rotatable bonds is 6. The average Bonchev–Trinajstić information content (AvgIpc) is 3.43. The molecule has 0 unspecified atom stereocenters. The molecule has 3 amide bonds. The molecule has 0 spiro atoms. The maximum atomic E-state index is 13.2. The van der Waals surface area contributed by atoms with Crippen LogP contribution in [0.3, 0.4) is 0 Å². The maximum absolute atomic E-state index is 13.2. The Labute approximate surface area is 193 Å². The van der Waals surface area contributed by atoms with Crippen LogP contribution in [0.1, 0.15) is 30.4 Å². The summed E-state index contributed by atoms with van der Waals surface area (Å²) in [6, 6.07) is 17.1.